The van der Waals surface area contributed by atoms with E-state index < -0.39 is 29.2 Å². The fourth-order valence-electron chi connectivity index (χ4n) is 5.78. The molecule has 2 fully saturated rings. The zero-order valence-corrected chi connectivity index (χ0v) is 21.1. The van der Waals surface area contributed by atoms with Crippen LogP contribution in [0.2, 0.25) is 0 Å². The van der Waals surface area contributed by atoms with Crippen molar-refractivity contribution >= 4 is 11.8 Å². The summed E-state index contributed by atoms with van der Waals surface area (Å²) in [4.78, 5) is 42.4. The molecule has 0 bridgehead atoms. The number of hydrogen-bond donors (Lipinski definition) is 1. The Balaban J connectivity index is 1.35. The number of nitrogens with one attached hydrogen (secondary N) is 1. The lowest BCUT2D eigenvalue weighted by atomic mass is 9.98. The van der Waals surface area contributed by atoms with Gasteiger partial charge >= 0.3 is 0 Å². The summed E-state index contributed by atoms with van der Waals surface area (Å²) in [6, 6.07) is 12.3. The quantitative estimate of drug-likeness (QED) is 0.521. The molecule has 1 aromatic heterocycles. The third-order valence-electron chi connectivity index (χ3n) is 7.74. The number of rotatable bonds is 6. The van der Waals surface area contributed by atoms with Crippen molar-refractivity contribution in [3.8, 4) is 5.75 Å². The first kappa shape index (κ1) is 25.2. The molecular weight excluding hydrogens is 508 g/mol. The molecule has 3 aliphatic rings. The summed E-state index contributed by atoms with van der Waals surface area (Å²) in [5.41, 5.74) is -0.0435. The maximum atomic E-state index is 14.1. The van der Waals surface area contributed by atoms with E-state index >= 15 is 0 Å². The summed E-state index contributed by atoms with van der Waals surface area (Å²) >= 11 is 0. The lowest BCUT2D eigenvalue weighted by Gasteiger charge is -2.46. The largest absolute Gasteiger partial charge is 0.483 e. The molecule has 1 N–H and O–H groups in total. The predicted octanol–water partition coefficient (Wildman–Crippen LogP) is 3.62. The minimum Gasteiger partial charge on any atom is -0.483 e. The van der Waals surface area contributed by atoms with Crippen LogP contribution in [0.4, 0.5) is 8.78 Å². The maximum absolute atomic E-state index is 14.1. The van der Waals surface area contributed by atoms with E-state index in [0.29, 0.717) is 6.61 Å². The van der Waals surface area contributed by atoms with E-state index in [1.807, 2.05) is 30.3 Å². The first-order chi connectivity index (χ1) is 18.9. The van der Waals surface area contributed by atoms with E-state index in [-0.39, 0.29) is 60.1 Å². The van der Waals surface area contributed by atoms with Gasteiger partial charge in [0, 0.05) is 36.3 Å². The number of ether oxygens (including phenoxy) is 2. The zero-order chi connectivity index (χ0) is 27.1. The Morgan fingerprint density at radius 1 is 1.10 bits per heavy atom. The molecule has 1 saturated heterocycles. The summed E-state index contributed by atoms with van der Waals surface area (Å²) in [6.07, 6.45) is 3.69. The van der Waals surface area contributed by atoms with Gasteiger partial charge in [-0.1, -0.05) is 42.8 Å². The fraction of sp³-hybridized carbons (Fsp3) is 0.345. The number of amides is 2. The Kier molecular flexibility index (Phi) is 6.64. The van der Waals surface area contributed by atoms with Gasteiger partial charge in [0.15, 0.2) is 17.7 Å². The summed E-state index contributed by atoms with van der Waals surface area (Å²) in [5, 5.41) is 2.53. The average Bonchev–Trinajstić information content (AvgIpc) is 3.41. The zero-order valence-electron chi connectivity index (χ0n) is 21.1. The van der Waals surface area contributed by atoms with E-state index in [1.54, 1.807) is 9.47 Å². The first-order valence-electron chi connectivity index (χ1n) is 13.0. The van der Waals surface area contributed by atoms with Gasteiger partial charge in [-0.3, -0.25) is 14.4 Å². The van der Waals surface area contributed by atoms with E-state index in [9.17, 15) is 23.2 Å². The molecule has 8 nitrogen and oxygen atoms in total. The second kappa shape index (κ2) is 10.3. The molecule has 39 heavy (non-hydrogen) atoms. The Bertz CT molecular complexity index is 1490. The van der Waals surface area contributed by atoms with Gasteiger partial charge in [0.2, 0.25) is 5.43 Å². The number of carbonyl (C=O) groups is 2. The van der Waals surface area contributed by atoms with Gasteiger partial charge in [0.1, 0.15) is 23.8 Å². The molecule has 3 heterocycles. The van der Waals surface area contributed by atoms with Gasteiger partial charge in [-0.25, -0.2) is 8.78 Å². The van der Waals surface area contributed by atoms with Crippen LogP contribution in [0.3, 0.4) is 0 Å². The molecule has 2 aromatic carbocycles. The fourth-order valence-corrected chi connectivity index (χ4v) is 5.78. The summed E-state index contributed by atoms with van der Waals surface area (Å²) in [6.45, 7) is 0.559. The summed E-state index contributed by atoms with van der Waals surface area (Å²) in [5.74, 6) is -2.61. The Morgan fingerprint density at radius 3 is 2.72 bits per heavy atom. The molecule has 1 saturated carbocycles. The van der Waals surface area contributed by atoms with Crippen molar-refractivity contribution in [3.05, 3.63) is 99.0 Å². The van der Waals surface area contributed by atoms with Gasteiger partial charge in [-0.05, 0) is 24.5 Å². The first-order valence-corrected chi connectivity index (χ1v) is 13.0. The molecule has 202 valence electrons. The van der Waals surface area contributed by atoms with Gasteiger partial charge < -0.3 is 24.3 Å². The van der Waals surface area contributed by atoms with Crippen LogP contribution < -0.4 is 15.5 Å². The average molecular weight is 536 g/mol. The van der Waals surface area contributed by atoms with Crippen LogP contribution in [-0.2, 0) is 24.4 Å². The number of hydrogen-bond acceptors (Lipinski definition) is 5. The molecule has 2 aliphatic heterocycles. The number of carbonyl (C=O) groups excluding carboxylic acids is 2. The van der Waals surface area contributed by atoms with Gasteiger partial charge in [-0.15, -0.1) is 0 Å². The van der Waals surface area contributed by atoms with Crippen LogP contribution in [0.15, 0.2) is 59.5 Å². The third kappa shape index (κ3) is 4.69. The highest BCUT2D eigenvalue weighted by molar-refractivity contribution is 5.99. The lowest BCUT2D eigenvalue weighted by Crippen LogP contribution is -2.59. The van der Waals surface area contributed by atoms with Crippen molar-refractivity contribution in [2.75, 3.05) is 6.61 Å². The topological polar surface area (TPSA) is 89.9 Å². The van der Waals surface area contributed by atoms with Gasteiger partial charge in [0.25, 0.3) is 11.8 Å². The van der Waals surface area contributed by atoms with E-state index in [1.165, 1.54) is 12.3 Å². The van der Waals surface area contributed by atoms with E-state index in [2.05, 4.69) is 5.32 Å². The van der Waals surface area contributed by atoms with Crippen LogP contribution in [-0.4, -0.2) is 40.2 Å². The third-order valence-corrected chi connectivity index (χ3v) is 7.74. The number of halogens is 2. The van der Waals surface area contributed by atoms with Crippen LogP contribution in [0.5, 0.6) is 5.75 Å². The summed E-state index contributed by atoms with van der Waals surface area (Å²) in [7, 11) is 0. The SMILES string of the molecule is O=C(NCc1ccc(F)cc1F)c1cn2c(c(OCc3ccccc3)c1=O)C(=O)N1C(C2)OCC2CCCC21. The molecule has 6 rings (SSSR count). The Hall–Kier alpha value is -4.05. The number of fused-ring (bicyclic) bond motifs is 4. The van der Waals surface area contributed by atoms with Crippen molar-refractivity contribution in [1.29, 1.82) is 0 Å². The molecular formula is C29H27F2N3O5. The summed E-state index contributed by atoms with van der Waals surface area (Å²) < 4.78 is 40.9. The maximum Gasteiger partial charge on any atom is 0.276 e. The van der Waals surface area contributed by atoms with Crippen LogP contribution >= 0.6 is 0 Å². The molecule has 1 aliphatic carbocycles. The van der Waals surface area contributed by atoms with E-state index in [0.717, 1.165) is 37.0 Å². The molecule has 3 unspecified atom stereocenters. The van der Waals surface area contributed by atoms with Crippen LogP contribution in [0.25, 0.3) is 0 Å². The number of benzene rings is 2. The van der Waals surface area contributed by atoms with Crippen molar-refractivity contribution < 1.29 is 27.8 Å². The highest BCUT2D eigenvalue weighted by Crippen LogP contribution is 2.39. The molecule has 2 amide bonds. The monoisotopic (exact) mass is 535 g/mol. The van der Waals surface area contributed by atoms with Crippen molar-refractivity contribution in [3.63, 3.8) is 0 Å². The van der Waals surface area contributed by atoms with Crippen LogP contribution in [0, 0.1) is 17.6 Å². The van der Waals surface area contributed by atoms with Crippen molar-refractivity contribution in [2.24, 2.45) is 5.92 Å². The second-order valence-electron chi connectivity index (χ2n) is 10.2. The number of nitrogens with zero attached hydrogens (tertiary/aromatic N) is 2. The van der Waals surface area contributed by atoms with Gasteiger partial charge in [0.05, 0.1) is 13.2 Å². The second-order valence-corrected chi connectivity index (χ2v) is 10.2. The molecule has 3 aromatic rings. The Labute approximate surface area is 223 Å². The predicted molar refractivity (Wildman–Crippen MR) is 136 cm³/mol. The smallest absolute Gasteiger partial charge is 0.276 e. The Morgan fingerprint density at radius 2 is 1.92 bits per heavy atom. The number of pyridine rings is 1. The number of aromatic nitrogens is 1. The van der Waals surface area contributed by atoms with Crippen LogP contribution in [0.1, 0.15) is 51.2 Å². The molecule has 10 heteroatoms. The normalized spacial score (nSPS) is 21.6. The van der Waals surface area contributed by atoms with E-state index in [4.69, 9.17) is 9.47 Å². The highest BCUT2D eigenvalue weighted by Gasteiger charge is 2.47. The van der Waals surface area contributed by atoms with Crippen molar-refractivity contribution in [1.82, 2.24) is 14.8 Å². The molecule has 0 radical (unpaired) electrons. The minimum absolute atomic E-state index is 0.0220. The van der Waals surface area contributed by atoms with Gasteiger partial charge in [-0.2, -0.15) is 0 Å². The van der Waals surface area contributed by atoms with Crippen molar-refractivity contribution in [2.45, 2.75) is 51.2 Å². The lowest BCUT2D eigenvalue weighted by molar-refractivity contribution is -0.134. The molecule has 0 spiro atoms. The minimum atomic E-state index is -0.810. The highest BCUT2D eigenvalue weighted by atomic mass is 19.1. The standard InChI is InChI=1S/C29H27F2N3O5/c30-20-10-9-18(22(31)11-20)12-32-28(36)21-13-33-14-24-34(23-8-4-7-19(23)16-38-24)29(37)25(33)27(26(21)35)39-15-17-5-2-1-3-6-17/h1-3,5-6,9-11,13,19,23-24H,4,7-8,12,14-16H2,(H,32,36). The molecule has 3 atom stereocenters.